The van der Waals surface area contributed by atoms with E-state index >= 15 is 0 Å². The summed E-state index contributed by atoms with van der Waals surface area (Å²) in [4.78, 5) is 0. The Kier molecular flexibility index (Phi) is 5.68. The van der Waals surface area contributed by atoms with E-state index in [-0.39, 0.29) is 5.75 Å². The zero-order chi connectivity index (χ0) is 9.45. The number of hydrogen-bond acceptors (Lipinski definition) is 3. The number of unbranched alkanes of at least 4 members (excludes halogenated alkanes) is 2. The summed E-state index contributed by atoms with van der Waals surface area (Å²) >= 11 is 0. The van der Waals surface area contributed by atoms with E-state index in [1.54, 1.807) is 6.92 Å². The van der Waals surface area contributed by atoms with Gasteiger partial charge in [-0.05, 0) is 19.8 Å². The maximum Gasteiger partial charge on any atom is 0.211 e. The second kappa shape index (κ2) is 5.98. The molecule has 0 heterocycles. The molecule has 0 atom stereocenters. The molecule has 0 unspecified atom stereocenters. The molecule has 0 aliphatic heterocycles. The van der Waals surface area contributed by atoms with Crippen LogP contribution >= 0.6 is 0 Å². The van der Waals surface area contributed by atoms with Crippen molar-refractivity contribution in [3.8, 4) is 6.07 Å². The molecule has 0 aromatic carbocycles. The van der Waals surface area contributed by atoms with Crippen LogP contribution in [0.5, 0.6) is 0 Å². The van der Waals surface area contributed by atoms with Crippen LogP contribution in [-0.4, -0.2) is 20.7 Å². The van der Waals surface area contributed by atoms with Gasteiger partial charge in [-0.15, -0.1) is 0 Å². The summed E-state index contributed by atoms with van der Waals surface area (Å²) in [6.07, 6.45) is 1.98. The van der Waals surface area contributed by atoms with Gasteiger partial charge >= 0.3 is 0 Å². The lowest BCUT2D eigenvalue weighted by Gasteiger charge is -2.01. The highest BCUT2D eigenvalue weighted by atomic mass is 32.2. The van der Waals surface area contributed by atoms with Crippen molar-refractivity contribution >= 4 is 10.0 Å². The molecule has 0 aliphatic rings. The molecule has 0 aromatic rings. The van der Waals surface area contributed by atoms with E-state index in [0.717, 1.165) is 12.8 Å². The fourth-order valence-corrected chi connectivity index (χ4v) is 1.32. The smallest absolute Gasteiger partial charge is 0.211 e. The van der Waals surface area contributed by atoms with E-state index < -0.39 is 10.0 Å². The minimum atomic E-state index is -3.04. The molecule has 0 amide bonds. The number of hydrogen-bond donors (Lipinski definition) is 1. The number of nitrogens with one attached hydrogen (secondary N) is 1. The molecule has 0 bridgehead atoms. The molecule has 0 aromatic heterocycles. The third kappa shape index (κ3) is 6.13. The highest BCUT2D eigenvalue weighted by Crippen LogP contribution is 1.92. The standard InChI is InChI=1S/C7H14N2O2S/c1-2-12(10,11)9-7-5-3-4-6-8/h9H,2-5,7H2,1H3. The molecule has 12 heavy (non-hydrogen) atoms. The molecule has 0 radical (unpaired) electrons. The third-order valence-electron chi connectivity index (χ3n) is 1.42. The maximum atomic E-state index is 10.9. The zero-order valence-corrected chi connectivity index (χ0v) is 8.02. The molecule has 0 aliphatic carbocycles. The predicted octanol–water partition coefficient (Wildman–Crippen LogP) is 0.620. The Morgan fingerprint density at radius 2 is 2.08 bits per heavy atom. The average molecular weight is 190 g/mol. The molecule has 0 rings (SSSR count). The first-order valence-corrected chi connectivity index (χ1v) is 5.62. The van der Waals surface area contributed by atoms with Crippen molar-refractivity contribution in [2.24, 2.45) is 0 Å². The van der Waals surface area contributed by atoms with Crippen LogP contribution in [0, 0.1) is 11.3 Å². The normalized spacial score (nSPS) is 11.0. The van der Waals surface area contributed by atoms with E-state index in [1.165, 1.54) is 0 Å². The van der Waals surface area contributed by atoms with Gasteiger partial charge in [-0.25, -0.2) is 13.1 Å². The zero-order valence-electron chi connectivity index (χ0n) is 7.21. The van der Waals surface area contributed by atoms with Gasteiger partial charge in [0, 0.05) is 13.0 Å². The van der Waals surface area contributed by atoms with Crippen molar-refractivity contribution in [2.45, 2.75) is 26.2 Å². The Hall–Kier alpha value is -0.600. The van der Waals surface area contributed by atoms with Crippen molar-refractivity contribution in [2.75, 3.05) is 12.3 Å². The largest absolute Gasteiger partial charge is 0.215 e. The van der Waals surface area contributed by atoms with Crippen molar-refractivity contribution < 1.29 is 8.42 Å². The quantitative estimate of drug-likeness (QED) is 0.624. The summed E-state index contributed by atoms with van der Waals surface area (Å²) in [5.41, 5.74) is 0. The minimum absolute atomic E-state index is 0.116. The summed E-state index contributed by atoms with van der Waals surface area (Å²) in [6, 6.07) is 2.00. The highest BCUT2D eigenvalue weighted by molar-refractivity contribution is 7.89. The van der Waals surface area contributed by atoms with E-state index in [2.05, 4.69) is 4.72 Å². The van der Waals surface area contributed by atoms with Gasteiger partial charge in [-0.2, -0.15) is 5.26 Å². The lowest BCUT2D eigenvalue weighted by atomic mass is 10.2. The van der Waals surface area contributed by atoms with E-state index in [0.29, 0.717) is 13.0 Å². The first kappa shape index (κ1) is 11.4. The maximum absolute atomic E-state index is 10.9. The van der Waals surface area contributed by atoms with Crippen molar-refractivity contribution in [1.82, 2.24) is 4.72 Å². The number of sulfonamides is 1. The molecule has 0 spiro atoms. The molecule has 0 saturated carbocycles. The third-order valence-corrected chi connectivity index (χ3v) is 2.82. The molecule has 4 nitrogen and oxygen atoms in total. The average Bonchev–Trinajstić information content (AvgIpc) is 2.04. The molecule has 5 heteroatoms. The Morgan fingerprint density at radius 1 is 1.42 bits per heavy atom. The van der Waals surface area contributed by atoms with Crippen LogP contribution in [0.2, 0.25) is 0 Å². The molecule has 0 fully saturated rings. The van der Waals surface area contributed by atoms with Gasteiger partial charge < -0.3 is 0 Å². The Morgan fingerprint density at radius 3 is 2.58 bits per heavy atom. The number of rotatable bonds is 6. The minimum Gasteiger partial charge on any atom is -0.215 e. The first-order valence-electron chi connectivity index (χ1n) is 3.96. The Balaban J connectivity index is 3.39. The predicted molar refractivity (Wildman–Crippen MR) is 46.9 cm³/mol. The molecule has 70 valence electrons. The Labute approximate surface area is 73.6 Å². The monoisotopic (exact) mass is 190 g/mol. The SMILES string of the molecule is CCS(=O)(=O)NCCCCC#N. The summed E-state index contributed by atoms with van der Waals surface area (Å²) < 4.78 is 24.1. The lowest BCUT2D eigenvalue weighted by Crippen LogP contribution is -2.26. The first-order chi connectivity index (χ1) is 5.62. The number of nitrogens with zero attached hydrogens (tertiary/aromatic N) is 1. The topological polar surface area (TPSA) is 70.0 Å². The van der Waals surface area contributed by atoms with E-state index in [1.807, 2.05) is 6.07 Å². The summed E-state index contributed by atoms with van der Waals surface area (Å²) in [7, 11) is -3.04. The van der Waals surface area contributed by atoms with Gasteiger partial charge in [0.2, 0.25) is 10.0 Å². The van der Waals surface area contributed by atoms with Crippen molar-refractivity contribution in [1.29, 1.82) is 5.26 Å². The Bertz CT molecular complexity index is 241. The van der Waals surface area contributed by atoms with Gasteiger partial charge in [-0.1, -0.05) is 0 Å². The fraction of sp³-hybridized carbons (Fsp3) is 0.857. The molecular weight excluding hydrogens is 176 g/mol. The molecule has 1 N–H and O–H groups in total. The van der Waals surface area contributed by atoms with Crippen LogP contribution in [-0.2, 0) is 10.0 Å². The van der Waals surface area contributed by atoms with Gasteiger partial charge in [0.25, 0.3) is 0 Å². The number of nitriles is 1. The van der Waals surface area contributed by atoms with Crippen molar-refractivity contribution in [3.63, 3.8) is 0 Å². The summed E-state index contributed by atoms with van der Waals surface area (Å²) in [5, 5.41) is 8.18. The van der Waals surface area contributed by atoms with Crippen LogP contribution in [0.3, 0.4) is 0 Å². The second-order valence-electron chi connectivity index (χ2n) is 2.41. The summed E-state index contributed by atoms with van der Waals surface area (Å²) in [6.45, 7) is 2.04. The fourth-order valence-electron chi connectivity index (χ4n) is 0.659. The van der Waals surface area contributed by atoms with Crippen molar-refractivity contribution in [3.05, 3.63) is 0 Å². The van der Waals surface area contributed by atoms with E-state index in [4.69, 9.17) is 5.26 Å². The van der Waals surface area contributed by atoms with Crippen LogP contribution in [0.25, 0.3) is 0 Å². The molecule has 0 saturated heterocycles. The van der Waals surface area contributed by atoms with Gasteiger partial charge in [-0.3, -0.25) is 0 Å². The lowest BCUT2D eigenvalue weighted by molar-refractivity contribution is 0.578. The van der Waals surface area contributed by atoms with Crippen LogP contribution in [0.1, 0.15) is 26.2 Å². The van der Waals surface area contributed by atoms with Gasteiger partial charge in [0.1, 0.15) is 0 Å². The van der Waals surface area contributed by atoms with Gasteiger partial charge in [0.05, 0.1) is 11.8 Å². The van der Waals surface area contributed by atoms with Crippen LogP contribution in [0.4, 0.5) is 0 Å². The van der Waals surface area contributed by atoms with Crippen LogP contribution in [0.15, 0.2) is 0 Å². The molecular formula is C7H14N2O2S. The highest BCUT2D eigenvalue weighted by Gasteiger charge is 2.03. The van der Waals surface area contributed by atoms with E-state index in [9.17, 15) is 8.42 Å². The van der Waals surface area contributed by atoms with Gasteiger partial charge in [0.15, 0.2) is 0 Å². The second-order valence-corrected chi connectivity index (χ2v) is 4.51. The summed E-state index contributed by atoms with van der Waals surface area (Å²) in [5.74, 6) is 0.116. The van der Waals surface area contributed by atoms with Crippen LogP contribution < -0.4 is 4.72 Å².